The van der Waals surface area contributed by atoms with Gasteiger partial charge in [-0.05, 0) is 13.0 Å². The van der Waals surface area contributed by atoms with Crippen molar-refractivity contribution >= 4 is 5.97 Å². The van der Waals surface area contributed by atoms with E-state index < -0.39 is 0 Å². The quantitative estimate of drug-likeness (QED) is 0.524. The van der Waals surface area contributed by atoms with Gasteiger partial charge in [0.2, 0.25) is 0 Å². The summed E-state index contributed by atoms with van der Waals surface area (Å²) in [5.74, 6) is -0.347. The Labute approximate surface area is 81.4 Å². The number of aromatic amines is 1. The van der Waals surface area contributed by atoms with Gasteiger partial charge in [-0.2, -0.15) is 0 Å². The summed E-state index contributed by atoms with van der Waals surface area (Å²) in [7, 11) is 1.33. The number of aromatic nitrogens is 2. The summed E-state index contributed by atoms with van der Waals surface area (Å²) in [5, 5.41) is 0. The van der Waals surface area contributed by atoms with Crippen LogP contribution in [0.2, 0.25) is 0 Å². The molecule has 5 nitrogen and oxygen atoms in total. The Kier molecular flexibility index (Phi) is 5.69. The van der Waals surface area contributed by atoms with E-state index in [1.807, 2.05) is 0 Å². The van der Waals surface area contributed by atoms with Crippen LogP contribution in [0.25, 0.3) is 0 Å². The Morgan fingerprint density at radius 3 is 2.43 bits per heavy atom. The fourth-order valence-corrected chi connectivity index (χ4v) is 0.485. The van der Waals surface area contributed by atoms with Gasteiger partial charge in [-0.15, -0.1) is 0 Å². The Morgan fingerprint density at radius 2 is 2.29 bits per heavy atom. The number of methoxy groups -OCH3 is 1. The molecule has 1 aromatic rings. The van der Waals surface area contributed by atoms with Crippen molar-refractivity contribution in [2.75, 3.05) is 7.11 Å². The molecule has 5 heteroatoms. The molecule has 0 saturated heterocycles. The van der Waals surface area contributed by atoms with Gasteiger partial charge in [0.15, 0.2) is 0 Å². The zero-order valence-electron chi connectivity index (χ0n) is 8.11. The number of ether oxygens (including phenoxy) is 1. The van der Waals surface area contributed by atoms with Crippen LogP contribution >= 0.6 is 0 Å². The number of esters is 1. The molecule has 1 aromatic heterocycles. The lowest BCUT2D eigenvalue weighted by molar-refractivity contribution is -0.136. The van der Waals surface area contributed by atoms with Crippen LogP contribution < -0.4 is 5.69 Å². The van der Waals surface area contributed by atoms with Gasteiger partial charge in [0.1, 0.15) is 0 Å². The van der Waals surface area contributed by atoms with E-state index in [1.165, 1.54) is 19.5 Å². The lowest BCUT2D eigenvalue weighted by Crippen LogP contribution is -2.05. The standard InChI is InChI=1S/C5H8O2.C4H4N2O/c1-4(2)5(6)7-3;7-4-5-2-1-3-6-4/h1H2,2-3H3;1-3H,(H,5,6,7). The monoisotopic (exact) mass is 196 g/mol. The predicted molar refractivity (Wildman–Crippen MR) is 51.7 cm³/mol. The van der Waals surface area contributed by atoms with Gasteiger partial charge >= 0.3 is 11.7 Å². The van der Waals surface area contributed by atoms with Gasteiger partial charge in [-0.25, -0.2) is 14.6 Å². The minimum atomic E-state index is -0.347. The molecule has 0 spiro atoms. The maximum absolute atomic E-state index is 10.2. The number of carbonyl (C=O) groups excluding carboxylic acids is 1. The highest BCUT2D eigenvalue weighted by Gasteiger charge is 1.95. The topological polar surface area (TPSA) is 72.1 Å². The zero-order chi connectivity index (χ0) is 11.0. The van der Waals surface area contributed by atoms with Crippen molar-refractivity contribution in [3.63, 3.8) is 0 Å². The number of rotatable bonds is 1. The lowest BCUT2D eigenvalue weighted by Gasteiger charge is -1.91. The Morgan fingerprint density at radius 1 is 1.64 bits per heavy atom. The molecule has 0 aliphatic carbocycles. The summed E-state index contributed by atoms with van der Waals surface area (Å²) in [4.78, 5) is 26.0. The minimum Gasteiger partial charge on any atom is -0.466 e. The number of hydrogen-bond donors (Lipinski definition) is 1. The molecule has 1 heterocycles. The second-order valence-electron chi connectivity index (χ2n) is 2.36. The van der Waals surface area contributed by atoms with Gasteiger partial charge in [-0.3, -0.25) is 0 Å². The van der Waals surface area contributed by atoms with E-state index in [9.17, 15) is 9.59 Å². The first-order valence-electron chi connectivity index (χ1n) is 3.81. The molecule has 0 atom stereocenters. The van der Waals surface area contributed by atoms with E-state index in [0.29, 0.717) is 5.57 Å². The van der Waals surface area contributed by atoms with E-state index in [2.05, 4.69) is 21.3 Å². The summed E-state index contributed by atoms with van der Waals surface area (Å²) in [6.07, 6.45) is 2.98. The van der Waals surface area contributed by atoms with Crippen molar-refractivity contribution in [1.29, 1.82) is 0 Å². The van der Waals surface area contributed by atoms with Crippen LogP contribution in [0.15, 0.2) is 35.4 Å². The number of hydrogen-bond acceptors (Lipinski definition) is 4. The number of nitrogens with zero attached hydrogens (tertiary/aromatic N) is 1. The molecule has 0 aromatic carbocycles. The van der Waals surface area contributed by atoms with E-state index in [4.69, 9.17) is 0 Å². The van der Waals surface area contributed by atoms with E-state index in [0.717, 1.165) is 0 Å². The lowest BCUT2D eigenvalue weighted by atomic mass is 10.4. The van der Waals surface area contributed by atoms with Crippen molar-refractivity contribution in [1.82, 2.24) is 9.97 Å². The fourth-order valence-electron chi connectivity index (χ4n) is 0.485. The van der Waals surface area contributed by atoms with Crippen LogP contribution in [0.3, 0.4) is 0 Å². The second-order valence-corrected chi connectivity index (χ2v) is 2.36. The zero-order valence-corrected chi connectivity index (χ0v) is 8.11. The van der Waals surface area contributed by atoms with Gasteiger partial charge in [0.05, 0.1) is 7.11 Å². The fraction of sp³-hybridized carbons (Fsp3) is 0.222. The molecule has 1 N–H and O–H groups in total. The smallest absolute Gasteiger partial charge is 0.344 e. The molecule has 1 rings (SSSR count). The molecule has 0 aliphatic rings. The van der Waals surface area contributed by atoms with Gasteiger partial charge in [0, 0.05) is 18.0 Å². The number of nitrogens with one attached hydrogen (secondary N) is 1. The maximum atomic E-state index is 10.2. The Hall–Kier alpha value is -1.91. The molecule has 0 bridgehead atoms. The molecule has 0 unspecified atom stereocenters. The third-order valence-corrected chi connectivity index (χ3v) is 1.11. The van der Waals surface area contributed by atoms with E-state index in [1.54, 1.807) is 13.0 Å². The van der Waals surface area contributed by atoms with Crippen LogP contribution in [0.4, 0.5) is 0 Å². The Bertz CT molecular complexity index is 340. The number of H-pyrrole nitrogens is 1. The van der Waals surface area contributed by atoms with E-state index >= 15 is 0 Å². The van der Waals surface area contributed by atoms with Gasteiger partial charge in [0.25, 0.3) is 0 Å². The molecule has 76 valence electrons. The normalized spacial score (nSPS) is 8.14. The van der Waals surface area contributed by atoms with Crippen molar-refractivity contribution in [2.45, 2.75) is 6.92 Å². The average Bonchev–Trinajstić information content (AvgIpc) is 2.18. The first-order valence-corrected chi connectivity index (χ1v) is 3.81. The summed E-state index contributed by atoms with van der Waals surface area (Å²) in [5.41, 5.74) is 0.130. The first kappa shape index (κ1) is 12.1. The van der Waals surface area contributed by atoms with Crippen LogP contribution in [0.1, 0.15) is 6.92 Å². The largest absolute Gasteiger partial charge is 0.466 e. The third kappa shape index (κ3) is 5.70. The van der Waals surface area contributed by atoms with Crippen LogP contribution in [0.5, 0.6) is 0 Å². The molecule has 0 radical (unpaired) electrons. The van der Waals surface area contributed by atoms with Crippen molar-refractivity contribution in [3.05, 3.63) is 41.1 Å². The van der Waals surface area contributed by atoms with Crippen molar-refractivity contribution in [3.8, 4) is 0 Å². The van der Waals surface area contributed by atoms with E-state index in [-0.39, 0.29) is 11.7 Å². The molecule has 14 heavy (non-hydrogen) atoms. The molecule has 0 amide bonds. The third-order valence-electron chi connectivity index (χ3n) is 1.11. The number of carbonyl (C=O) groups is 1. The molecular formula is C9H12N2O3. The highest BCUT2D eigenvalue weighted by molar-refractivity contribution is 5.86. The summed E-state index contributed by atoms with van der Waals surface area (Å²) in [6.45, 7) is 4.95. The van der Waals surface area contributed by atoms with Crippen LogP contribution in [0, 0.1) is 0 Å². The Balaban J connectivity index is 0.000000241. The summed E-state index contributed by atoms with van der Waals surface area (Å²) in [6, 6.07) is 1.65. The average molecular weight is 196 g/mol. The van der Waals surface area contributed by atoms with Crippen LogP contribution in [-0.2, 0) is 9.53 Å². The van der Waals surface area contributed by atoms with Crippen molar-refractivity contribution in [2.24, 2.45) is 0 Å². The minimum absolute atomic E-state index is 0.303. The molecule has 0 fully saturated rings. The predicted octanol–water partition coefficient (Wildman–Crippen LogP) is 0.505. The second kappa shape index (κ2) is 6.59. The van der Waals surface area contributed by atoms with Gasteiger partial charge in [-0.1, -0.05) is 6.58 Å². The van der Waals surface area contributed by atoms with Crippen LogP contribution in [-0.4, -0.2) is 23.0 Å². The molecular weight excluding hydrogens is 184 g/mol. The molecule has 0 saturated carbocycles. The maximum Gasteiger partial charge on any atom is 0.344 e. The van der Waals surface area contributed by atoms with Gasteiger partial charge < -0.3 is 9.72 Å². The molecule has 0 aliphatic heterocycles. The SMILES string of the molecule is C=C(C)C(=O)OC.O=c1nccc[nH]1. The first-order chi connectivity index (χ1) is 6.57. The summed E-state index contributed by atoms with van der Waals surface area (Å²) < 4.78 is 4.27. The summed E-state index contributed by atoms with van der Waals surface area (Å²) >= 11 is 0. The highest BCUT2D eigenvalue weighted by Crippen LogP contribution is 1.87. The highest BCUT2D eigenvalue weighted by atomic mass is 16.5. The van der Waals surface area contributed by atoms with Crippen molar-refractivity contribution < 1.29 is 9.53 Å².